The summed E-state index contributed by atoms with van der Waals surface area (Å²) in [5, 5.41) is 21.6. The van der Waals surface area contributed by atoms with Gasteiger partial charge in [0.25, 0.3) is 0 Å². The zero-order valence-corrected chi connectivity index (χ0v) is 15.5. The number of aryl methyl sites for hydroxylation is 1. The molecular weight excluding hydrogens is 363 g/mol. The fourth-order valence-electron chi connectivity index (χ4n) is 3.64. The van der Waals surface area contributed by atoms with Crippen LogP contribution in [-0.4, -0.2) is 21.7 Å². The monoisotopic (exact) mass is 380 g/mol. The van der Waals surface area contributed by atoms with Crippen LogP contribution in [0.4, 0.5) is 4.39 Å². The molecule has 2 atom stereocenters. The second-order valence-electron chi connectivity index (χ2n) is 6.84. The average Bonchev–Trinajstić information content (AvgIpc) is 3.02. The molecule has 136 valence electrons. The van der Waals surface area contributed by atoms with E-state index in [1.165, 1.54) is 28.8 Å². The van der Waals surface area contributed by atoms with E-state index in [4.69, 9.17) is 0 Å². The van der Waals surface area contributed by atoms with Crippen molar-refractivity contribution >= 4 is 17.7 Å². The third-order valence-corrected chi connectivity index (χ3v) is 6.32. The molecule has 2 aromatic carbocycles. The van der Waals surface area contributed by atoms with E-state index in [1.54, 1.807) is 12.1 Å². The molecule has 2 heterocycles. The number of nitriles is 1. The summed E-state index contributed by atoms with van der Waals surface area (Å²) in [7, 11) is 0. The molecule has 0 aromatic heterocycles. The standard InChI is InChI=1S/C21H17FN2O2S/c1-13-2-6-15(7-3-13)21(26)12-27-20-18(11-23)17(10-19(25)24(20)21)14-4-8-16(22)9-5-14/h2-9,17,26H,10,12H2,1H3. The Bertz CT molecular complexity index is 979. The van der Waals surface area contributed by atoms with Crippen molar-refractivity contribution in [1.82, 2.24) is 4.90 Å². The van der Waals surface area contributed by atoms with Gasteiger partial charge in [-0.1, -0.05) is 42.0 Å². The van der Waals surface area contributed by atoms with Crippen molar-refractivity contribution in [3.05, 3.63) is 81.6 Å². The highest BCUT2D eigenvalue weighted by atomic mass is 32.2. The number of carbonyl (C=O) groups is 1. The van der Waals surface area contributed by atoms with E-state index < -0.39 is 11.6 Å². The summed E-state index contributed by atoms with van der Waals surface area (Å²) in [5.74, 6) is -0.773. The van der Waals surface area contributed by atoms with Gasteiger partial charge in [0.1, 0.15) is 5.82 Å². The van der Waals surface area contributed by atoms with Gasteiger partial charge in [0.05, 0.1) is 22.4 Å². The molecule has 6 heteroatoms. The lowest BCUT2D eigenvalue weighted by Crippen LogP contribution is -2.48. The summed E-state index contributed by atoms with van der Waals surface area (Å²) in [4.78, 5) is 14.3. The van der Waals surface area contributed by atoms with Gasteiger partial charge in [0.15, 0.2) is 5.72 Å². The Morgan fingerprint density at radius 1 is 1.22 bits per heavy atom. The lowest BCUT2D eigenvalue weighted by molar-refractivity contribution is -0.149. The molecule has 0 spiro atoms. The van der Waals surface area contributed by atoms with Gasteiger partial charge in [-0.25, -0.2) is 4.39 Å². The SMILES string of the molecule is Cc1ccc(C2(O)CSC3=C(C#N)C(c4ccc(F)cc4)CC(=O)N32)cc1. The summed E-state index contributed by atoms with van der Waals surface area (Å²) < 4.78 is 13.3. The van der Waals surface area contributed by atoms with E-state index in [0.717, 1.165) is 11.1 Å². The minimum Gasteiger partial charge on any atom is -0.366 e. The zero-order chi connectivity index (χ0) is 19.2. The highest BCUT2D eigenvalue weighted by Crippen LogP contribution is 2.51. The van der Waals surface area contributed by atoms with Gasteiger partial charge in [0.2, 0.25) is 5.91 Å². The molecule has 1 fully saturated rings. The molecule has 2 aliphatic rings. The van der Waals surface area contributed by atoms with Crippen LogP contribution in [-0.2, 0) is 10.5 Å². The summed E-state index contributed by atoms with van der Waals surface area (Å²) >= 11 is 1.31. The number of amides is 1. The van der Waals surface area contributed by atoms with Gasteiger partial charge >= 0.3 is 0 Å². The molecule has 0 radical (unpaired) electrons. The van der Waals surface area contributed by atoms with Crippen molar-refractivity contribution in [2.75, 3.05) is 5.75 Å². The summed E-state index contributed by atoms with van der Waals surface area (Å²) in [6.45, 7) is 1.95. The first-order chi connectivity index (χ1) is 12.9. The second kappa shape index (κ2) is 6.52. The van der Waals surface area contributed by atoms with Gasteiger partial charge in [-0.2, -0.15) is 5.26 Å². The lowest BCUT2D eigenvalue weighted by Gasteiger charge is -2.38. The van der Waals surface area contributed by atoms with E-state index >= 15 is 0 Å². The van der Waals surface area contributed by atoms with Crippen molar-refractivity contribution in [3.63, 3.8) is 0 Å². The molecule has 4 nitrogen and oxygen atoms in total. The predicted molar refractivity (Wildman–Crippen MR) is 101 cm³/mol. The normalized spacial score (nSPS) is 24.7. The lowest BCUT2D eigenvalue weighted by atomic mass is 9.85. The summed E-state index contributed by atoms with van der Waals surface area (Å²) in [5.41, 5.74) is 1.37. The van der Waals surface area contributed by atoms with Crippen LogP contribution >= 0.6 is 11.8 Å². The molecule has 0 bridgehead atoms. The van der Waals surface area contributed by atoms with Crippen LogP contribution in [0.15, 0.2) is 59.1 Å². The molecule has 2 aromatic rings. The van der Waals surface area contributed by atoms with Gasteiger partial charge in [-0.15, -0.1) is 11.8 Å². The Morgan fingerprint density at radius 2 is 1.89 bits per heavy atom. The first kappa shape index (κ1) is 17.8. The fraction of sp³-hybridized carbons (Fsp3) is 0.238. The van der Waals surface area contributed by atoms with Crippen LogP contribution in [0.1, 0.15) is 29.0 Å². The molecule has 2 unspecified atom stereocenters. The smallest absolute Gasteiger partial charge is 0.231 e. The third kappa shape index (κ3) is 2.84. The van der Waals surface area contributed by atoms with Crippen molar-refractivity contribution < 1.29 is 14.3 Å². The first-order valence-electron chi connectivity index (χ1n) is 8.59. The third-order valence-electron chi connectivity index (χ3n) is 5.10. The average molecular weight is 380 g/mol. The fourth-order valence-corrected chi connectivity index (χ4v) is 5.00. The number of rotatable bonds is 2. The number of hydrogen-bond acceptors (Lipinski definition) is 4. The number of halogens is 1. The summed E-state index contributed by atoms with van der Waals surface area (Å²) in [6.07, 6.45) is 0.0623. The molecule has 0 saturated carbocycles. The number of nitrogens with zero attached hydrogens (tertiary/aromatic N) is 2. The molecule has 0 aliphatic carbocycles. The minimum atomic E-state index is -1.47. The van der Waals surface area contributed by atoms with Gasteiger partial charge in [-0.05, 0) is 24.6 Å². The van der Waals surface area contributed by atoms with Crippen molar-refractivity contribution in [2.24, 2.45) is 0 Å². The quantitative estimate of drug-likeness (QED) is 0.861. The predicted octanol–water partition coefficient (Wildman–Crippen LogP) is 3.78. The van der Waals surface area contributed by atoms with Crippen LogP contribution in [0.3, 0.4) is 0 Å². The Hall–Kier alpha value is -2.62. The molecule has 4 rings (SSSR count). The van der Waals surface area contributed by atoms with Crippen LogP contribution < -0.4 is 0 Å². The Kier molecular flexibility index (Phi) is 4.29. The number of benzene rings is 2. The van der Waals surface area contributed by atoms with E-state index in [9.17, 15) is 19.6 Å². The zero-order valence-electron chi connectivity index (χ0n) is 14.6. The maximum atomic E-state index is 13.3. The molecule has 1 N–H and O–H groups in total. The van der Waals surface area contributed by atoms with Crippen LogP contribution in [0, 0.1) is 24.1 Å². The van der Waals surface area contributed by atoms with Crippen molar-refractivity contribution in [1.29, 1.82) is 5.26 Å². The van der Waals surface area contributed by atoms with Crippen LogP contribution in [0.25, 0.3) is 0 Å². The molecular formula is C21H17FN2O2S. The Balaban J connectivity index is 1.79. The minimum absolute atomic E-state index is 0.0623. The van der Waals surface area contributed by atoms with Gasteiger partial charge < -0.3 is 5.11 Å². The largest absolute Gasteiger partial charge is 0.366 e. The number of thioether (sulfide) groups is 1. The summed E-state index contributed by atoms with van der Waals surface area (Å²) in [6, 6.07) is 15.5. The van der Waals surface area contributed by atoms with Gasteiger partial charge in [-0.3, -0.25) is 9.69 Å². The molecule has 27 heavy (non-hydrogen) atoms. The van der Waals surface area contributed by atoms with E-state index in [1.807, 2.05) is 31.2 Å². The topological polar surface area (TPSA) is 64.3 Å². The van der Waals surface area contributed by atoms with E-state index in [2.05, 4.69) is 6.07 Å². The number of carbonyl (C=O) groups excluding carboxylic acids is 1. The maximum absolute atomic E-state index is 13.3. The Labute approximate surface area is 160 Å². The Morgan fingerprint density at radius 3 is 2.52 bits per heavy atom. The van der Waals surface area contributed by atoms with Crippen LogP contribution in [0.2, 0.25) is 0 Å². The van der Waals surface area contributed by atoms with Crippen molar-refractivity contribution in [3.8, 4) is 6.07 Å². The number of fused-ring (bicyclic) bond motifs is 1. The van der Waals surface area contributed by atoms with Crippen LogP contribution in [0.5, 0.6) is 0 Å². The van der Waals surface area contributed by atoms with E-state index in [-0.39, 0.29) is 23.9 Å². The molecule has 1 amide bonds. The second-order valence-corrected chi connectivity index (χ2v) is 7.80. The number of aliphatic hydroxyl groups is 1. The highest BCUT2D eigenvalue weighted by Gasteiger charge is 2.51. The molecule has 2 aliphatic heterocycles. The number of hydrogen-bond donors (Lipinski definition) is 1. The van der Waals surface area contributed by atoms with Gasteiger partial charge in [0, 0.05) is 17.9 Å². The van der Waals surface area contributed by atoms with E-state index in [0.29, 0.717) is 16.2 Å². The highest BCUT2D eigenvalue weighted by molar-refractivity contribution is 8.03. The number of allylic oxidation sites excluding steroid dienone is 1. The van der Waals surface area contributed by atoms with Crippen molar-refractivity contribution in [2.45, 2.75) is 25.0 Å². The first-order valence-corrected chi connectivity index (χ1v) is 9.57. The molecule has 1 saturated heterocycles. The maximum Gasteiger partial charge on any atom is 0.231 e.